The number of carbonyl (C=O) groups excluding carboxylic acids is 1. The first-order chi connectivity index (χ1) is 38.1. The Morgan fingerprint density at radius 3 is 1.29 bits per heavy atom. The summed E-state index contributed by atoms with van der Waals surface area (Å²) in [5, 5.41) is 87.1. The molecule has 2 fully saturated rings. The molecule has 12 unspecified atom stereocenters. The van der Waals surface area contributed by atoms with E-state index in [4.69, 9.17) is 18.9 Å². The van der Waals surface area contributed by atoms with E-state index >= 15 is 0 Å². The zero-order valence-corrected chi connectivity index (χ0v) is 49.2. The van der Waals surface area contributed by atoms with Gasteiger partial charge in [-0.1, -0.05) is 242 Å². The Bertz CT molecular complexity index is 1490. The van der Waals surface area contributed by atoms with Crippen molar-refractivity contribution in [1.82, 2.24) is 5.32 Å². The van der Waals surface area contributed by atoms with Crippen LogP contribution >= 0.6 is 0 Å². The number of hydrogen-bond donors (Lipinski definition) is 9. The van der Waals surface area contributed by atoms with Gasteiger partial charge in [0.15, 0.2) is 12.6 Å². The van der Waals surface area contributed by atoms with Crippen molar-refractivity contribution in [3.05, 3.63) is 48.6 Å². The average Bonchev–Trinajstić information content (AvgIpc) is 3.47. The van der Waals surface area contributed by atoms with Crippen molar-refractivity contribution >= 4 is 5.91 Å². The molecule has 1 amide bonds. The molecule has 14 nitrogen and oxygen atoms in total. The molecule has 12 atom stereocenters. The van der Waals surface area contributed by atoms with Crippen molar-refractivity contribution in [2.24, 2.45) is 0 Å². The molecule has 14 heteroatoms. The monoisotopic (exact) mass is 1110 g/mol. The zero-order valence-electron chi connectivity index (χ0n) is 49.2. The van der Waals surface area contributed by atoms with Gasteiger partial charge in [-0.2, -0.15) is 0 Å². The molecule has 0 aromatic rings. The van der Waals surface area contributed by atoms with E-state index in [1.807, 2.05) is 6.08 Å². The van der Waals surface area contributed by atoms with Gasteiger partial charge in [0.2, 0.25) is 5.91 Å². The average molecular weight is 1110 g/mol. The smallest absolute Gasteiger partial charge is 0.220 e. The van der Waals surface area contributed by atoms with Gasteiger partial charge in [-0.05, 0) is 57.8 Å². The molecule has 0 radical (unpaired) electrons. The Labute approximate surface area is 473 Å². The van der Waals surface area contributed by atoms with Crippen LogP contribution in [0, 0.1) is 0 Å². The van der Waals surface area contributed by atoms with Crippen LogP contribution in [0.5, 0.6) is 0 Å². The summed E-state index contributed by atoms with van der Waals surface area (Å²) in [4.78, 5) is 13.3. The van der Waals surface area contributed by atoms with Crippen LogP contribution in [0.15, 0.2) is 48.6 Å². The standard InChI is InChI=1S/C64H117NO13/c1-3-5-7-9-11-13-15-17-18-19-20-21-22-23-24-25-26-27-28-29-30-31-32-33-34-36-38-40-42-44-46-48-56(69)65-52(53(68)47-45-43-41-39-37-35-16-14-12-10-8-6-4-2)51-75-63-61(74)59(72)62(55(50-67)77-63)78-64-60(73)58(71)57(70)54(49-66)76-64/h15,17,19-20,22-23,45,47,52-55,57-64,66-68,70-74H,3-14,16,18,21,24-44,46,48-51H2,1-2H3,(H,65,69)/b17-15-,20-19-,23-22-,47-45+. The number of aliphatic hydroxyl groups is 8. The molecule has 0 saturated carbocycles. The van der Waals surface area contributed by atoms with Crippen molar-refractivity contribution in [3.63, 3.8) is 0 Å². The van der Waals surface area contributed by atoms with Crippen LogP contribution in [-0.2, 0) is 23.7 Å². The van der Waals surface area contributed by atoms with Crippen LogP contribution in [0.1, 0.15) is 258 Å². The highest BCUT2D eigenvalue weighted by atomic mass is 16.7. The summed E-state index contributed by atoms with van der Waals surface area (Å²) in [5.41, 5.74) is 0. The van der Waals surface area contributed by atoms with Crippen LogP contribution in [0.2, 0.25) is 0 Å². The first kappa shape index (κ1) is 72.1. The molecule has 0 bridgehead atoms. The summed E-state index contributed by atoms with van der Waals surface area (Å²) in [5.74, 6) is -0.239. The van der Waals surface area contributed by atoms with Gasteiger partial charge in [-0.15, -0.1) is 0 Å². The fourth-order valence-electron chi connectivity index (χ4n) is 10.4. The highest BCUT2D eigenvalue weighted by Crippen LogP contribution is 2.30. The fourth-order valence-corrected chi connectivity index (χ4v) is 10.4. The van der Waals surface area contributed by atoms with Crippen molar-refractivity contribution in [2.75, 3.05) is 19.8 Å². The summed E-state index contributed by atoms with van der Waals surface area (Å²) in [6.45, 7) is 2.79. The molecule has 9 N–H and O–H groups in total. The Morgan fingerprint density at radius 2 is 0.846 bits per heavy atom. The maximum absolute atomic E-state index is 13.3. The SMILES string of the molecule is CCCCCCC/C=C\C/C=C\C/C=C\CCCCCCCCCCCCCCCCCCC(=O)NC(COC1OC(CO)C(OC2OC(CO)C(O)C(O)C2O)C(O)C1O)C(O)/C=C/CCCCCCCCCCCCC. The molecular weight excluding hydrogens is 991 g/mol. The topological polar surface area (TPSA) is 228 Å². The van der Waals surface area contributed by atoms with E-state index < -0.39 is 86.8 Å². The van der Waals surface area contributed by atoms with E-state index in [0.717, 1.165) is 51.4 Å². The predicted octanol–water partition coefficient (Wildman–Crippen LogP) is 11.6. The second-order valence-electron chi connectivity index (χ2n) is 22.5. The highest BCUT2D eigenvalue weighted by molar-refractivity contribution is 5.76. The minimum absolute atomic E-state index is 0.239. The van der Waals surface area contributed by atoms with Gasteiger partial charge in [-0.25, -0.2) is 0 Å². The number of carbonyl (C=O) groups is 1. The molecule has 0 spiro atoms. The van der Waals surface area contributed by atoms with Crippen molar-refractivity contribution in [3.8, 4) is 0 Å². The van der Waals surface area contributed by atoms with Gasteiger partial charge in [0.1, 0.15) is 48.8 Å². The van der Waals surface area contributed by atoms with Crippen LogP contribution < -0.4 is 5.32 Å². The third kappa shape index (κ3) is 34.4. The lowest BCUT2D eigenvalue weighted by Gasteiger charge is -2.46. The lowest BCUT2D eigenvalue weighted by Crippen LogP contribution is -2.65. The van der Waals surface area contributed by atoms with Crippen molar-refractivity contribution in [2.45, 2.75) is 331 Å². The molecule has 2 aliphatic heterocycles. The van der Waals surface area contributed by atoms with Gasteiger partial charge in [-0.3, -0.25) is 4.79 Å². The first-order valence-electron chi connectivity index (χ1n) is 31.9. The van der Waals surface area contributed by atoms with Crippen molar-refractivity contribution < 1.29 is 64.6 Å². The fraction of sp³-hybridized carbons (Fsp3) is 0.859. The van der Waals surface area contributed by atoms with E-state index in [-0.39, 0.29) is 18.9 Å². The summed E-state index contributed by atoms with van der Waals surface area (Å²) < 4.78 is 22.8. The minimum atomic E-state index is -1.79. The molecule has 2 heterocycles. The number of unbranched alkanes of at least 4 members (excludes halogenated alkanes) is 32. The van der Waals surface area contributed by atoms with Gasteiger partial charge in [0, 0.05) is 6.42 Å². The summed E-state index contributed by atoms with van der Waals surface area (Å²) in [7, 11) is 0. The second-order valence-corrected chi connectivity index (χ2v) is 22.5. The largest absolute Gasteiger partial charge is 0.394 e. The van der Waals surface area contributed by atoms with Crippen molar-refractivity contribution in [1.29, 1.82) is 0 Å². The number of aliphatic hydroxyl groups excluding tert-OH is 8. The number of rotatable bonds is 51. The Hall–Kier alpha value is -2.05. The second kappa shape index (κ2) is 49.5. The molecule has 0 aliphatic carbocycles. The summed E-state index contributed by atoms with van der Waals surface area (Å²) in [6.07, 6.45) is 45.9. The third-order valence-electron chi connectivity index (χ3n) is 15.5. The summed E-state index contributed by atoms with van der Waals surface area (Å²) in [6, 6.07) is -0.914. The maximum atomic E-state index is 13.3. The highest BCUT2D eigenvalue weighted by Gasteiger charge is 2.51. The normalized spacial score (nSPS) is 24.8. The minimum Gasteiger partial charge on any atom is -0.394 e. The number of ether oxygens (including phenoxy) is 4. The zero-order chi connectivity index (χ0) is 56.7. The molecule has 2 aliphatic rings. The molecular formula is C64H117NO13. The van der Waals surface area contributed by atoms with Gasteiger partial charge >= 0.3 is 0 Å². The lowest BCUT2D eigenvalue weighted by molar-refractivity contribution is -0.359. The maximum Gasteiger partial charge on any atom is 0.220 e. The quantitative estimate of drug-likeness (QED) is 0.0204. The van der Waals surface area contributed by atoms with Crippen LogP contribution in [-0.4, -0.2) is 140 Å². The number of hydrogen-bond acceptors (Lipinski definition) is 13. The molecule has 0 aromatic heterocycles. The third-order valence-corrected chi connectivity index (χ3v) is 15.5. The van der Waals surface area contributed by atoms with Crippen LogP contribution in [0.3, 0.4) is 0 Å². The van der Waals surface area contributed by atoms with E-state index in [1.165, 1.54) is 180 Å². The molecule has 456 valence electrons. The van der Waals surface area contributed by atoms with E-state index in [2.05, 4.69) is 55.6 Å². The van der Waals surface area contributed by atoms with Gasteiger partial charge in [0.25, 0.3) is 0 Å². The Kier molecular flexibility index (Phi) is 45.8. The molecule has 78 heavy (non-hydrogen) atoms. The Balaban J connectivity index is 1.65. The van der Waals surface area contributed by atoms with E-state index in [9.17, 15) is 45.6 Å². The van der Waals surface area contributed by atoms with E-state index in [0.29, 0.717) is 6.42 Å². The molecule has 2 rings (SSSR count). The van der Waals surface area contributed by atoms with Gasteiger partial charge in [0.05, 0.1) is 32.0 Å². The predicted molar refractivity (Wildman–Crippen MR) is 314 cm³/mol. The van der Waals surface area contributed by atoms with E-state index in [1.54, 1.807) is 6.08 Å². The van der Waals surface area contributed by atoms with Crippen LogP contribution in [0.25, 0.3) is 0 Å². The summed E-state index contributed by atoms with van der Waals surface area (Å²) >= 11 is 0. The number of amides is 1. The van der Waals surface area contributed by atoms with Crippen LogP contribution in [0.4, 0.5) is 0 Å². The molecule has 0 aromatic carbocycles. The lowest BCUT2D eigenvalue weighted by atomic mass is 9.97. The molecule has 2 saturated heterocycles. The Morgan fingerprint density at radius 1 is 0.462 bits per heavy atom. The first-order valence-corrected chi connectivity index (χ1v) is 31.9. The number of nitrogens with one attached hydrogen (secondary N) is 1. The number of allylic oxidation sites excluding steroid dienone is 7. The van der Waals surface area contributed by atoms with Gasteiger partial charge < -0.3 is 65.1 Å².